The molecule has 5 rings (SSSR count). The lowest BCUT2D eigenvalue weighted by Gasteiger charge is -2.42. The molecule has 2 atom stereocenters. The van der Waals surface area contributed by atoms with Crippen LogP contribution in [0.4, 0.5) is 0 Å². The molecule has 11 nitrogen and oxygen atoms in total. The number of aromatic nitrogens is 3. The third kappa shape index (κ3) is 6.22. The van der Waals surface area contributed by atoms with Crippen LogP contribution in [0.5, 0.6) is 5.75 Å². The van der Waals surface area contributed by atoms with Crippen molar-refractivity contribution in [3.63, 3.8) is 0 Å². The van der Waals surface area contributed by atoms with E-state index in [-0.39, 0.29) is 12.6 Å². The monoisotopic (exact) mass is 649 g/mol. The SMILES string of the molecule is CCC1CN(Cc2cc(C(c3ccc4c(nnn4CC)c3C)C(C)(C)C(=O)NCC(=O)O)ccc2C)S(O)(O)c2ccccc2O1. The number of carboxylic acid groups (broad SMARTS) is 1. The maximum atomic E-state index is 13.7. The Morgan fingerprint density at radius 2 is 1.85 bits per heavy atom. The van der Waals surface area contributed by atoms with Crippen LogP contribution in [0.25, 0.3) is 11.0 Å². The summed E-state index contributed by atoms with van der Waals surface area (Å²) in [4.78, 5) is 25.4. The summed E-state index contributed by atoms with van der Waals surface area (Å²) in [5.41, 5.74) is 4.94. The van der Waals surface area contributed by atoms with Gasteiger partial charge in [-0.3, -0.25) is 18.7 Å². The average Bonchev–Trinajstić information content (AvgIpc) is 3.41. The molecule has 0 saturated carbocycles. The van der Waals surface area contributed by atoms with E-state index in [0.717, 1.165) is 38.9 Å². The highest BCUT2D eigenvalue weighted by molar-refractivity contribution is 8.22. The minimum Gasteiger partial charge on any atom is -0.487 e. The number of rotatable bonds is 10. The van der Waals surface area contributed by atoms with Crippen molar-refractivity contribution < 1.29 is 28.5 Å². The van der Waals surface area contributed by atoms with Gasteiger partial charge in [-0.05, 0) is 73.2 Å². The van der Waals surface area contributed by atoms with Crippen LogP contribution in [0.3, 0.4) is 0 Å². The number of ether oxygens (including phenoxy) is 1. The second kappa shape index (κ2) is 13.0. The van der Waals surface area contributed by atoms with E-state index in [1.807, 2.05) is 82.6 Å². The Hall–Kier alpha value is -3.97. The molecule has 12 heteroatoms. The summed E-state index contributed by atoms with van der Waals surface area (Å²) in [6, 6.07) is 17.0. The first-order valence-electron chi connectivity index (χ1n) is 15.5. The van der Waals surface area contributed by atoms with Gasteiger partial charge in [0.1, 0.15) is 28.8 Å². The Bertz CT molecular complexity index is 1770. The van der Waals surface area contributed by atoms with Crippen LogP contribution in [0.2, 0.25) is 0 Å². The number of fused-ring (bicyclic) bond motifs is 2. The molecule has 2 heterocycles. The van der Waals surface area contributed by atoms with Crippen molar-refractivity contribution in [2.45, 2.75) is 78.0 Å². The predicted octanol–water partition coefficient (Wildman–Crippen LogP) is 6.12. The van der Waals surface area contributed by atoms with E-state index in [1.54, 1.807) is 22.5 Å². The lowest BCUT2D eigenvalue weighted by molar-refractivity contribution is -0.139. The lowest BCUT2D eigenvalue weighted by Crippen LogP contribution is -2.43. The Morgan fingerprint density at radius 3 is 2.54 bits per heavy atom. The quantitative estimate of drug-likeness (QED) is 0.159. The molecule has 0 aliphatic carbocycles. The average molecular weight is 650 g/mol. The fourth-order valence-electron chi connectivity index (χ4n) is 6.29. The fraction of sp³-hybridized carbons (Fsp3) is 0.412. The zero-order valence-electron chi connectivity index (χ0n) is 27.1. The minimum absolute atomic E-state index is 0.234. The van der Waals surface area contributed by atoms with Crippen LogP contribution in [0.15, 0.2) is 59.5 Å². The largest absolute Gasteiger partial charge is 0.487 e. The number of amides is 1. The van der Waals surface area contributed by atoms with Gasteiger partial charge >= 0.3 is 5.97 Å². The number of hydrogen-bond acceptors (Lipinski definition) is 8. The molecule has 1 aliphatic rings. The molecule has 0 fully saturated rings. The maximum Gasteiger partial charge on any atom is 0.322 e. The standard InChI is InChI=1S/C34H43N5O6S/c1-7-25-20-38(46(43,44)29-12-10-9-11-28(29)45-25)19-24-17-23(14-13-21(24)3)31(34(5,6)33(42)35-18-30(40)41)26-15-16-27-32(22(26)4)36-37-39(27)8-2/h9-17,25,31,43-44H,7-8,18-20H2,1-6H3,(H,35,42)(H,40,41). The molecule has 1 aromatic heterocycles. The van der Waals surface area contributed by atoms with Gasteiger partial charge in [0.15, 0.2) is 0 Å². The number of nitrogens with zero attached hydrogens (tertiary/aromatic N) is 4. The van der Waals surface area contributed by atoms with E-state index in [1.165, 1.54) is 0 Å². The molecular weight excluding hydrogens is 606 g/mol. The Labute approximate surface area is 271 Å². The van der Waals surface area contributed by atoms with Crippen molar-refractivity contribution in [3.05, 3.63) is 82.4 Å². The van der Waals surface area contributed by atoms with Gasteiger partial charge in [-0.25, -0.2) is 4.68 Å². The van der Waals surface area contributed by atoms with Gasteiger partial charge in [0.2, 0.25) is 5.91 Å². The molecule has 0 spiro atoms. The second-order valence-corrected chi connectivity index (χ2v) is 14.4. The first-order valence-corrected chi connectivity index (χ1v) is 17.0. The number of nitrogens with one attached hydrogen (secondary N) is 1. The molecule has 0 saturated heterocycles. The van der Waals surface area contributed by atoms with Crippen molar-refractivity contribution in [2.75, 3.05) is 13.1 Å². The number of aliphatic carboxylic acids is 1. The van der Waals surface area contributed by atoms with Crippen molar-refractivity contribution in [3.8, 4) is 5.75 Å². The summed E-state index contributed by atoms with van der Waals surface area (Å²) in [6.07, 6.45) is 0.444. The van der Waals surface area contributed by atoms with Crippen molar-refractivity contribution in [1.29, 1.82) is 0 Å². The summed E-state index contributed by atoms with van der Waals surface area (Å²) in [6.45, 7) is 12.3. The second-order valence-electron chi connectivity index (χ2n) is 12.4. The summed E-state index contributed by atoms with van der Waals surface area (Å²) in [7, 11) is -3.38. The Balaban J connectivity index is 1.62. The van der Waals surface area contributed by atoms with Crippen molar-refractivity contribution in [1.82, 2.24) is 24.6 Å². The van der Waals surface area contributed by atoms with E-state index in [0.29, 0.717) is 30.2 Å². The molecule has 2 unspecified atom stereocenters. The van der Waals surface area contributed by atoms with E-state index in [2.05, 4.69) is 15.6 Å². The summed E-state index contributed by atoms with van der Waals surface area (Å²) < 4.78 is 32.9. The number of aryl methyl sites for hydroxylation is 3. The Morgan fingerprint density at radius 1 is 1.11 bits per heavy atom. The topological polar surface area (TPSA) is 150 Å². The highest BCUT2D eigenvalue weighted by Crippen LogP contribution is 2.57. The van der Waals surface area contributed by atoms with Crippen LogP contribution >= 0.6 is 10.8 Å². The summed E-state index contributed by atoms with van der Waals surface area (Å²) in [5, 5.41) is 20.6. The van der Waals surface area contributed by atoms with Crippen LogP contribution in [0.1, 0.15) is 67.9 Å². The smallest absolute Gasteiger partial charge is 0.322 e. The van der Waals surface area contributed by atoms with Gasteiger partial charge in [-0.1, -0.05) is 62.4 Å². The van der Waals surface area contributed by atoms with Gasteiger partial charge in [-0.2, -0.15) is 4.31 Å². The fourth-order valence-corrected chi connectivity index (χ4v) is 7.91. The molecule has 0 bridgehead atoms. The summed E-state index contributed by atoms with van der Waals surface area (Å²) in [5.74, 6) is -1.56. The molecule has 46 heavy (non-hydrogen) atoms. The molecule has 246 valence electrons. The molecule has 0 radical (unpaired) electrons. The number of carbonyl (C=O) groups is 2. The van der Waals surface area contributed by atoms with Gasteiger partial charge in [-0.15, -0.1) is 15.9 Å². The highest BCUT2D eigenvalue weighted by Gasteiger charge is 2.41. The Kier molecular flexibility index (Phi) is 9.46. The number of hydrogen-bond donors (Lipinski definition) is 4. The van der Waals surface area contributed by atoms with E-state index in [9.17, 15) is 23.8 Å². The zero-order valence-corrected chi connectivity index (χ0v) is 28.0. The third-order valence-corrected chi connectivity index (χ3v) is 10.9. The lowest BCUT2D eigenvalue weighted by atomic mass is 9.69. The highest BCUT2D eigenvalue weighted by atomic mass is 32.3. The van der Waals surface area contributed by atoms with Gasteiger partial charge in [0, 0.05) is 19.0 Å². The van der Waals surface area contributed by atoms with E-state index >= 15 is 0 Å². The first kappa shape index (κ1) is 33.4. The van der Waals surface area contributed by atoms with Crippen molar-refractivity contribution >= 4 is 33.7 Å². The van der Waals surface area contributed by atoms with Gasteiger partial charge < -0.3 is 15.2 Å². The minimum atomic E-state index is -3.38. The number of para-hydroxylation sites is 1. The van der Waals surface area contributed by atoms with Gasteiger partial charge in [0.05, 0.1) is 17.5 Å². The molecule has 3 aromatic carbocycles. The van der Waals surface area contributed by atoms with Crippen LogP contribution in [0, 0.1) is 19.3 Å². The zero-order chi connectivity index (χ0) is 33.4. The number of carboxylic acids is 1. The molecular formula is C34H43N5O6S. The maximum absolute atomic E-state index is 13.7. The van der Waals surface area contributed by atoms with E-state index < -0.39 is 40.5 Å². The normalized spacial score (nSPS) is 17.9. The molecule has 1 aliphatic heterocycles. The number of benzene rings is 3. The third-order valence-electron chi connectivity index (χ3n) is 9.01. The van der Waals surface area contributed by atoms with Crippen LogP contribution in [-0.2, 0) is 22.7 Å². The molecule has 1 amide bonds. The number of carbonyl (C=O) groups excluding carboxylic acids is 1. The van der Waals surface area contributed by atoms with E-state index in [4.69, 9.17) is 4.74 Å². The van der Waals surface area contributed by atoms with Gasteiger partial charge in [0.25, 0.3) is 0 Å². The summed E-state index contributed by atoms with van der Waals surface area (Å²) >= 11 is 0. The molecule has 4 N–H and O–H groups in total. The van der Waals surface area contributed by atoms with Crippen LogP contribution in [-0.4, -0.2) is 64.6 Å². The van der Waals surface area contributed by atoms with Crippen molar-refractivity contribution in [2.24, 2.45) is 5.41 Å². The first-order chi connectivity index (χ1) is 21.8. The predicted molar refractivity (Wildman–Crippen MR) is 178 cm³/mol. The molecule has 4 aromatic rings. The van der Waals surface area contributed by atoms with Crippen LogP contribution < -0.4 is 10.1 Å².